The molecule has 160 valence electrons. The molecule has 8 nitrogen and oxygen atoms in total. The van der Waals surface area contributed by atoms with E-state index in [4.69, 9.17) is 17.8 Å². The second kappa shape index (κ2) is 9.62. The molecule has 0 amide bonds. The molecule has 0 unspecified atom stereocenters. The molecule has 0 spiro atoms. The Morgan fingerprint density at radius 1 is 1.04 bits per heavy atom. The van der Waals surface area contributed by atoms with Crippen molar-refractivity contribution in [1.29, 1.82) is 0 Å². The van der Waals surface area contributed by atoms with Crippen molar-refractivity contribution in [3.63, 3.8) is 0 Å². The van der Waals surface area contributed by atoms with E-state index in [-0.39, 0.29) is 5.75 Å². The van der Waals surface area contributed by atoms with Crippen LogP contribution in [-0.2, 0) is 23.4 Å². The number of unbranched alkanes of at least 4 members (excludes halogenated alkanes) is 2. The lowest BCUT2D eigenvalue weighted by atomic mass is 10.0. The van der Waals surface area contributed by atoms with Gasteiger partial charge in [-0.25, -0.2) is 0 Å². The summed E-state index contributed by atoms with van der Waals surface area (Å²) in [4.78, 5) is 0. The van der Waals surface area contributed by atoms with E-state index in [9.17, 15) is 8.42 Å². The van der Waals surface area contributed by atoms with Gasteiger partial charge in [0, 0.05) is 12.5 Å². The second-order valence-electron chi connectivity index (χ2n) is 8.59. The zero-order valence-corrected chi connectivity index (χ0v) is 18.9. The quantitative estimate of drug-likeness (QED) is 0.199. The van der Waals surface area contributed by atoms with Gasteiger partial charge in [-0.1, -0.05) is 13.3 Å². The highest BCUT2D eigenvalue weighted by Crippen LogP contribution is 2.33. The molecule has 0 aromatic carbocycles. The average molecular weight is 426 g/mol. The number of hydrogen-bond donors (Lipinski definition) is 2. The molecular weight excluding hydrogens is 388 g/mol. The lowest BCUT2D eigenvalue weighted by molar-refractivity contribution is -0.890. The molecule has 3 rings (SSSR count). The first-order valence-corrected chi connectivity index (χ1v) is 13.6. The van der Waals surface area contributed by atoms with Crippen LogP contribution in [0.5, 0.6) is 0 Å². The van der Waals surface area contributed by atoms with Crippen molar-refractivity contribution in [3.05, 3.63) is 0 Å². The van der Waals surface area contributed by atoms with E-state index in [0.717, 1.165) is 23.5 Å². The minimum atomic E-state index is -3.91. The topological polar surface area (TPSA) is 94.1 Å². The molecule has 3 saturated heterocycles. The van der Waals surface area contributed by atoms with Crippen LogP contribution in [0.4, 0.5) is 0 Å². The number of hydrogen-bond acceptors (Lipinski definition) is 6. The molecule has 0 radical (unpaired) electrons. The van der Waals surface area contributed by atoms with Crippen LogP contribution in [0.25, 0.3) is 0 Å². The summed E-state index contributed by atoms with van der Waals surface area (Å²) in [6, 6.07) is 0.849. The highest BCUT2D eigenvalue weighted by Gasteiger charge is 2.56. The lowest BCUT2D eigenvalue weighted by Gasteiger charge is -2.50. The third-order valence-corrected chi connectivity index (χ3v) is 8.92. The summed E-state index contributed by atoms with van der Waals surface area (Å²) in [5.74, 6) is -0.246. The normalized spacial score (nSPS) is 28.6. The van der Waals surface area contributed by atoms with Crippen LogP contribution >= 0.6 is 0 Å². The Morgan fingerprint density at radius 2 is 1.63 bits per heavy atom. The first kappa shape index (κ1) is 23.2. The maximum Gasteiger partial charge on any atom is 0.501 e. The van der Waals surface area contributed by atoms with Crippen LogP contribution in [0.1, 0.15) is 39.0 Å². The van der Waals surface area contributed by atoms with Crippen molar-refractivity contribution < 1.29 is 30.7 Å². The summed E-state index contributed by atoms with van der Waals surface area (Å²) < 4.78 is 49.5. The van der Waals surface area contributed by atoms with Crippen molar-refractivity contribution in [2.45, 2.75) is 50.6 Å². The van der Waals surface area contributed by atoms with Crippen LogP contribution in [0.3, 0.4) is 0 Å². The standard InChI is InChI=1S/C17H36N2O6SSi/c1-4-5-6-10-19(2,3)11-8-13-27-23-14-17(15-24-27,16-25-27)18-9-7-12-26(20,21)22/h18H,4-16H2,1-3H3/p+1. The van der Waals surface area contributed by atoms with Crippen molar-refractivity contribution in [2.24, 2.45) is 0 Å². The molecule has 0 saturated carbocycles. The fourth-order valence-electron chi connectivity index (χ4n) is 3.60. The summed E-state index contributed by atoms with van der Waals surface area (Å²) in [6.45, 7) is 6.61. The van der Waals surface area contributed by atoms with Gasteiger partial charge in [-0.05, 0) is 25.8 Å². The number of quaternary nitrogens is 1. The second-order valence-corrected chi connectivity index (χ2v) is 12.9. The third-order valence-electron chi connectivity index (χ3n) is 5.40. The van der Waals surface area contributed by atoms with Gasteiger partial charge in [-0.3, -0.25) is 4.55 Å². The predicted octanol–water partition coefficient (Wildman–Crippen LogP) is 1.27. The van der Waals surface area contributed by atoms with Gasteiger partial charge in [0.25, 0.3) is 10.1 Å². The average Bonchev–Trinajstić information content (AvgIpc) is 2.60. The molecule has 0 aromatic rings. The number of nitrogens with zero attached hydrogens (tertiary/aromatic N) is 1. The van der Waals surface area contributed by atoms with Crippen molar-refractivity contribution in [1.82, 2.24) is 5.32 Å². The molecule has 2 N–H and O–H groups in total. The monoisotopic (exact) mass is 425 g/mol. The van der Waals surface area contributed by atoms with Crippen LogP contribution < -0.4 is 5.32 Å². The zero-order chi connectivity index (χ0) is 20.0. The Morgan fingerprint density at radius 3 is 2.19 bits per heavy atom. The van der Waals surface area contributed by atoms with Gasteiger partial charge in [0.2, 0.25) is 0 Å². The van der Waals surface area contributed by atoms with E-state index in [0.29, 0.717) is 32.8 Å². The van der Waals surface area contributed by atoms with Crippen LogP contribution in [0.2, 0.25) is 6.04 Å². The van der Waals surface area contributed by atoms with E-state index in [1.54, 1.807) is 0 Å². The van der Waals surface area contributed by atoms with E-state index >= 15 is 0 Å². The SMILES string of the molecule is CCCCC[N+](C)(C)CCC[Si]12OCC(NCCCS(=O)(=O)O)(CO1)CO2. The molecule has 27 heavy (non-hydrogen) atoms. The smallest absolute Gasteiger partial charge is 0.371 e. The Kier molecular flexibility index (Phi) is 8.27. The number of fused-ring (bicyclic) bond motifs is 3. The van der Waals surface area contributed by atoms with Crippen LogP contribution in [-0.4, -0.2) is 91.1 Å². The minimum absolute atomic E-state index is 0.246. The molecule has 3 fully saturated rings. The van der Waals surface area contributed by atoms with Gasteiger partial charge < -0.3 is 23.1 Å². The third kappa shape index (κ3) is 7.69. The summed E-state index contributed by atoms with van der Waals surface area (Å²) in [6.07, 6.45) is 5.17. The zero-order valence-electron chi connectivity index (χ0n) is 17.0. The number of nitrogens with one attached hydrogen (secondary N) is 1. The van der Waals surface area contributed by atoms with Gasteiger partial charge in [-0.15, -0.1) is 0 Å². The summed E-state index contributed by atoms with van der Waals surface area (Å²) in [7, 11) is -1.89. The summed E-state index contributed by atoms with van der Waals surface area (Å²) in [5.41, 5.74) is -0.399. The lowest BCUT2D eigenvalue weighted by Crippen LogP contribution is -2.72. The Balaban J connectivity index is 1.69. The maximum atomic E-state index is 10.8. The Bertz CT molecular complexity index is 547. The fraction of sp³-hybridized carbons (Fsp3) is 1.00. The predicted molar refractivity (Wildman–Crippen MR) is 106 cm³/mol. The van der Waals surface area contributed by atoms with E-state index in [1.165, 1.54) is 25.8 Å². The maximum absolute atomic E-state index is 10.8. The molecular formula is C17H37N2O6SSi+. The van der Waals surface area contributed by atoms with Gasteiger partial charge in [0.05, 0.1) is 58.3 Å². The van der Waals surface area contributed by atoms with E-state index in [2.05, 4.69) is 26.3 Å². The molecule has 0 atom stereocenters. The fourth-order valence-corrected chi connectivity index (χ4v) is 6.87. The highest BCUT2D eigenvalue weighted by molar-refractivity contribution is 7.85. The van der Waals surface area contributed by atoms with Gasteiger partial charge in [0.1, 0.15) is 0 Å². The molecule has 3 heterocycles. The first-order valence-electron chi connectivity index (χ1n) is 10.0. The van der Waals surface area contributed by atoms with Crippen LogP contribution in [0, 0.1) is 0 Å². The van der Waals surface area contributed by atoms with E-state index < -0.39 is 24.5 Å². The minimum Gasteiger partial charge on any atom is -0.371 e. The Hall–Kier alpha value is -0.0731. The molecule has 10 heteroatoms. The summed E-state index contributed by atoms with van der Waals surface area (Å²) >= 11 is 0. The molecule has 0 aromatic heterocycles. The molecule has 3 aliphatic rings. The van der Waals surface area contributed by atoms with E-state index in [1.807, 2.05) is 0 Å². The van der Waals surface area contributed by atoms with Gasteiger partial charge in [-0.2, -0.15) is 8.42 Å². The number of rotatable bonds is 13. The van der Waals surface area contributed by atoms with Crippen molar-refractivity contribution in [3.8, 4) is 0 Å². The van der Waals surface area contributed by atoms with Crippen LogP contribution in [0.15, 0.2) is 0 Å². The highest BCUT2D eigenvalue weighted by atomic mass is 32.2. The molecule has 3 aliphatic heterocycles. The summed E-state index contributed by atoms with van der Waals surface area (Å²) in [5, 5.41) is 3.29. The molecule has 2 bridgehead atoms. The van der Waals surface area contributed by atoms with Crippen molar-refractivity contribution in [2.75, 3.05) is 59.3 Å². The largest absolute Gasteiger partial charge is 0.501 e. The van der Waals surface area contributed by atoms with Gasteiger partial charge in [0.15, 0.2) is 0 Å². The Labute approximate surface area is 165 Å². The van der Waals surface area contributed by atoms with Crippen molar-refractivity contribution >= 4 is 18.9 Å². The first-order chi connectivity index (χ1) is 12.6. The molecule has 0 aliphatic carbocycles. The van der Waals surface area contributed by atoms with Gasteiger partial charge >= 0.3 is 8.80 Å².